The third-order valence-electron chi connectivity index (χ3n) is 9.65. The molecule has 236 valence electrons. The van der Waals surface area contributed by atoms with E-state index in [4.69, 9.17) is 4.98 Å². The lowest BCUT2D eigenvalue weighted by Crippen LogP contribution is -2.40. The minimum Gasteiger partial charge on any atom is -0.481 e. The zero-order valence-electron chi connectivity index (χ0n) is 26.3. The molecule has 1 amide bonds. The summed E-state index contributed by atoms with van der Waals surface area (Å²) in [4.78, 5) is 48.4. The van der Waals surface area contributed by atoms with E-state index in [0.29, 0.717) is 36.7 Å². The number of fused-ring (bicyclic) bond motifs is 2. The average Bonchev–Trinajstić information content (AvgIpc) is 3.45. The van der Waals surface area contributed by atoms with Crippen molar-refractivity contribution in [3.8, 4) is 11.1 Å². The van der Waals surface area contributed by atoms with Crippen LogP contribution in [0.3, 0.4) is 0 Å². The molecule has 0 spiro atoms. The summed E-state index contributed by atoms with van der Waals surface area (Å²) in [6.07, 6.45) is 7.05. The van der Waals surface area contributed by atoms with Crippen LogP contribution in [0.4, 0.5) is 0 Å². The number of aryl methyl sites for hydroxylation is 1. The van der Waals surface area contributed by atoms with E-state index in [-0.39, 0.29) is 28.8 Å². The molecule has 1 aromatic carbocycles. The van der Waals surface area contributed by atoms with Crippen molar-refractivity contribution < 1.29 is 14.7 Å². The van der Waals surface area contributed by atoms with Gasteiger partial charge in [-0.1, -0.05) is 45.0 Å². The fourth-order valence-electron chi connectivity index (χ4n) is 6.80. The fraction of sp³-hybridized carbons (Fsp3) is 0.444. The zero-order valence-corrected chi connectivity index (χ0v) is 27.1. The molecule has 2 aliphatic rings. The Kier molecular flexibility index (Phi) is 8.93. The van der Waals surface area contributed by atoms with Gasteiger partial charge in [0, 0.05) is 36.4 Å². The third kappa shape index (κ3) is 7.20. The number of aromatic amines is 1. The first-order valence-electron chi connectivity index (χ1n) is 16.0. The van der Waals surface area contributed by atoms with Crippen LogP contribution in [0, 0.1) is 17.3 Å². The number of benzene rings is 1. The molecule has 4 aromatic rings. The van der Waals surface area contributed by atoms with Crippen molar-refractivity contribution in [2.75, 3.05) is 19.6 Å². The van der Waals surface area contributed by atoms with Crippen molar-refractivity contribution >= 4 is 33.4 Å². The molecule has 45 heavy (non-hydrogen) atoms. The van der Waals surface area contributed by atoms with Crippen molar-refractivity contribution in [3.63, 3.8) is 0 Å². The molecule has 1 aliphatic heterocycles. The zero-order chi connectivity index (χ0) is 31.7. The lowest BCUT2D eigenvalue weighted by molar-refractivity contribution is -0.143. The minimum absolute atomic E-state index is 0.125. The normalized spacial score (nSPS) is 19.6. The molecule has 1 aliphatic carbocycles. The van der Waals surface area contributed by atoms with E-state index in [1.807, 2.05) is 30.3 Å². The van der Waals surface area contributed by atoms with Gasteiger partial charge in [0.1, 0.15) is 4.83 Å². The van der Waals surface area contributed by atoms with E-state index >= 15 is 0 Å². The van der Waals surface area contributed by atoms with E-state index in [1.165, 1.54) is 28.7 Å². The number of nitrogens with zero attached hydrogens (tertiary/aromatic N) is 2. The highest BCUT2D eigenvalue weighted by Crippen LogP contribution is 2.38. The number of H-pyrrole nitrogens is 1. The molecule has 0 saturated carbocycles. The van der Waals surface area contributed by atoms with E-state index in [0.717, 1.165) is 59.1 Å². The molecule has 6 rings (SSSR count). The maximum atomic E-state index is 13.8. The molecule has 1 fully saturated rings. The number of amides is 1. The SMILES string of the molecule is CC(C)(C)[C@H]1CCc2nc3sc(C(=O)N[C@H](CCN4CCCC(C(=O)O)C4)c4ccc(-c5ccc(=O)[nH]c5)cc4)cc3cc2C1. The van der Waals surface area contributed by atoms with Crippen LogP contribution < -0.4 is 10.9 Å². The van der Waals surface area contributed by atoms with Crippen LogP contribution >= 0.6 is 11.3 Å². The van der Waals surface area contributed by atoms with Crippen LogP contribution in [0.25, 0.3) is 21.3 Å². The van der Waals surface area contributed by atoms with Crippen LogP contribution in [0.15, 0.2) is 59.5 Å². The molecule has 3 N–H and O–H groups in total. The van der Waals surface area contributed by atoms with Gasteiger partial charge in [-0.25, -0.2) is 4.98 Å². The molecular formula is C36H42N4O4S. The highest BCUT2D eigenvalue weighted by molar-refractivity contribution is 7.20. The summed E-state index contributed by atoms with van der Waals surface area (Å²) in [6, 6.07) is 15.3. The van der Waals surface area contributed by atoms with Gasteiger partial charge in [0.2, 0.25) is 5.56 Å². The lowest BCUT2D eigenvalue weighted by atomic mass is 9.71. The molecule has 0 bridgehead atoms. The molecule has 3 aromatic heterocycles. The number of aliphatic carboxylic acids is 1. The van der Waals surface area contributed by atoms with Gasteiger partial charge in [-0.05, 0) is 96.9 Å². The summed E-state index contributed by atoms with van der Waals surface area (Å²) in [7, 11) is 0. The molecule has 4 heterocycles. The Balaban J connectivity index is 1.22. The first-order chi connectivity index (χ1) is 21.5. The summed E-state index contributed by atoms with van der Waals surface area (Å²) >= 11 is 1.44. The quantitative estimate of drug-likeness (QED) is 0.207. The second-order valence-electron chi connectivity index (χ2n) is 13.8. The Bertz CT molecular complexity index is 1730. The van der Waals surface area contributed by atoms with Crippen LogP contribution in [0.5, 0.6) is 0 Å². The van der Waals surface area contributed by atoms with Crippen LogP contribution in [-0.2, 0) is 17.6 Å². The molecule has 8 nitrogen and oxygen atoms in total. The van der Waals surface area contributed by atoms with Crippen molar-refractivity contribution in [1.29, 1.82) is 0 Å². The van der Waals surface area contributed by atoms with Crippen LogP contribution in [0.2, 0.25) is 0 Å². The first-order valence-corrected chi connectivity index (χ1v) is 16.8. The summed E-state index contributed by atoms with van der Waals surface area (Å²) in [5.74, 6) is -0.594. The molecule has 1 saturated heterocycles. The first kappa shape index (κ1) is 31.2. The van der Waals surface area contributed by atoms with E-state index in [9.17, 15) is 19.5 Å². The Morgan fingerprint density at radius 2 is 1.89 bits per heavy atom. The predicted molar refractivity (Wildman–Crippen MR) is 179 cm³/mol. The monoisotopic (exact) mass is 626 g/mol. The van der Waals surface area contributed by atoms with Gasteiger partial charge in [0.25, 0.3) is 5.91 Å². The van der Waals surface area contributed by atoms with E-state index in [2.05, 4.69) is 42.0 Å². The standard InChI is InChI=1S/C36H42N4O4S/c1-36(2,3)28-11-12-29-26(18-28)17-27-19-31(45-34(27)39-29)33(42)38-30(14-16-40-15-4-5-25(21-40)35(43)44)23-8-6-22(7-9-23)24-10-13-32(41)37-20-24/h6-10,13,17,19-20,25,28,30H,4-5,11-12,14-16,18,21H2,1-3H3,(H,37,41)(H,38,42)(H,43,44)/t25?,28-,30+/m0/s1. The van der Waals surface area contributed by atoms with Gasteiger partial charge in [0.15, 0.2) is 0 Å². The van der Waals surface area contributed by atoms with Crippen molar-refractivity contribution in [2.45, 2.75) is 65.3 Å². The van der Waals surface area contributed by atoms with Crippen LogP contribution in [0.1, 0.15) is 79.0 Å². The lowest BCUT2D eigenvalue weighted by Gasteiger charge is -2.34. The molecule has 0 radical (unpaired) electrons. The number of aromatic nitrogens is 2. The smallest absolute Gasteiger partial charge is 0.307 e. The number of carbonyl (C=O) groups excluding carboxylic acids is 1. The number of rotatable bonds is 8. The third-order valence-corrected chi connectivity index (χ3v) is 10.7. The Morgan fingerprint density at radius 1 is 1.11 bits per heavy atom. The highest BCUT2D eigenvalue weighted by atomic mass is 32.1. The predicted octanol–water partition coefficient (Wildman–Crippen LogP) is 6.46. The van der Waals surface area contributed by atoms with Crippen molar-refractivity contribution in [2.24, 2.45) is 17.3 Å². The number of nitrogens with one attached hydrogen (secondary N) is 2. The van der Waals surface area contributed by atoms with Gasteiger partial charge < -0.3 is 20.3 Å². The second-order valence-corrected chi connectivity index (χ2v) is 14.8. The van der Waals surface area contributed by atoms with Gasteiger partial charge in [0.05, 0.1) is 16.8 Å². The fourth-order valence-corrected chi connectivity index (χ4v) is 7.73. The van der Waals surface area contributed by atoms with E-state index < -0.39 is 5.97 Å². The van der Waals surface area contributed by atoms with E-state index in [1.54, 1.807) is 12.3 Å². The molecule has 3 atom stereocenters. The Hall–Kier alpha value is -3.82. The number of likely N-dealkylation sites (tertiary alicyclic amines) is 1. The average molecular weight is 627 g/mol. The van der Waals surface area contributed by atoms with Gasteiger partial charge in [-0.3, -0.25) is 14.4 Å². The number of pyridine rings is 2. The van der Waals surface area contributed by atoms with Crippen molar-refractivity contribution in [3.05, 3.63) is 86.8 Å². The van der Waals surface area contributed by atoms with Crippen molar-refractivity contribution in [1.82, 2.24) is 20.2 Å². The number of hydrogen-bond donors (Lipinski definition) is 3. The number of thiophene rings is 1. The topological polar surface area (TPSA) is 115 Å². The van der Waals surface area contributed by atoms with Gasteiger partial charge >= 0.3 is 5.97 Å². The minimum atomic E-state index is -0.739. The Morgan fingerprint density at radius 3 is 2.60 bits per heavy atom. The summed E-state index contributed by atoms with van der Waals surface area (Å²) < 4.78 is 0. The van der Waals surface area contributed by atoms with Crippen LogP contribution in [-0.4, -0.2) is 51.5 Å². The largest absolute Gasteiger partial charge is 0.481 e. The van der Waals surface area contributed by atoms with Gasteiger partial charge in [-0.2, -0.15) is 0 Å². The van der Waals surface area contributed by atoms with Gasteiger partial charge in [-0.15, -0.1) is 11.3 Å². The Labute approximate surface area is 267 Å². The second kappa shape index (κ2) is 12.9. The number of hydrogen-bond acceptors (Lipinski definition) is 6. The number of carbonyl (C=O) groups is 2. The molecular weight excluding hydrogens is 584 g/mol. The number of carboxylic acid groups (broad SMARTS) is 1. The maximum Gasteiger partial charge on any atom is 0.307 e. The number of carboxylic acids is 1. The highest BCUT2D eigenvalue weighted by Gasteiger charge is 2.30. The molecule has 1 unspecified atom stereocenters. The summed E-state index contributed by atoms with van der Waals surface area (Å²) in [6.45, 7) is 9.01. The summed E-state index contributed by atoms with van der Waals surface area (Å²) in [5, 5.41) is 13.9. The maximum absolute atomic E-state index is 13.8. The summed E-state index contributed by atoms with van der Waals surface area (Å²) in [5.41, 5.74) is 5.43. The number of piperidine rings is 1. The molecule has 9 heteroatoms.